The van der Waals surface area contributed by atoms with E-state index in [2.05, 4.69) is 105 Å². The van der Waals surface area contributed by atoms with Gasteiger partial charge in [-0.1, -0.05) is 85.8 Å². The van der Waals surface area contributed by atoms with E-state index in [4.69, 9.17) is 9.72 Å². The van der Waals surface area contributed by atoms with E-state index in [9.17, 15) is 5.11 Å². The Balaban J connectivity index is 1.71. The van der Waals surface area contributed by atoms with Crippen LogP contribution in [0.1, 0.15) is 47.9 Å². The number of aliphatic hydroxyl groups is 1. The van der Waals surface area contributed by atoms with Crippen LogP contribution in [0.4, 0.5) is 0 Å². The Morgan fingerprint density at radius 3 is 2.33 bits per heavy atom. The summed E-state index contributed by atoms with van der Waals surface area (Å²) in [4.78, 5) is 9.50. The van der Waals surface area contributed by atoms with Gasteiger partial charge in [0, 0.05) is 23.4 Å². The summed E-state index contributed by atoms with van der Waals surface area (Å²) < 4.78 is 6.00. The fourth-order valence-corrected chi connectivity index (χ4v) is 6.25. The van der Waals surface area contributed by atoms with Crippen molar-refractivity contribution < 1.29 is 9.84 Å². The molecule has 0 radical (unpaired) electrons. The lowest BCUT2D eigenvalue weighted by atomic mass is 9.70. The van der Waals surface area contributed by atoms with E-state index < -0.39 is 11.5 Å². The minimum Gasteiger partial charge on any atom is -0.481 e. The van der Waals surface area contributed by atoms with Crippen molar-refractivity contribution in [2.24, 2.45) is 0 Å². The van der Waals surface area contributed by atoms with Crippen molar-refractivity contribution in [1.82, 2.24) is 14.8 Å². The standard InChI is InChI=1S/C38H45N3O2/c1-6-41(4)24-13-14-28-21-22-35-31(26-28)27-33(37(39-35)43-5)36(30-16-8-7-9-17-30)38(42,23-25-40(2)3)34-20-12-18-29-15-10-11-19-32(29)34/h7-12,15-22,26-27,36,42H,6,13-14,23-25H2,1-5H3. The zero-order valence-corrected chi connectivity index (χ0v) is 26.3. The van der Waals surface area contributed by atoms with Crippen molar-refractivity contribution in [3.8, 4) is 5.88 Å². The fourth-order valence-electron chi connectivity index (χ4n) is 6.25. The maximum atomic E-state index is 13.2. The van der Waals surface area contributed by atoms with Crippen LogP contribution in [-0.2, 0) is 12.0 Å². The lowest BCUT2D eigenvalue weighted by Gasteiger charge is -2.39. The van der Waals surface area contributed by atoms with Gasteiger partial charge >= 0.3 is 0 Å². The lowest BCUT2D eigenvalue weighted by Crippen LogP contribution is -2.38. The Hall–Kier alpha value is -3.77. The number of hydrogen-bond acceptors (Lipinski definition) is 5. The molecule has 5 rings (SSSR count). The number of nitrogens with zero attached hydrogens (tertiary/aromatic N) is 3. The second kappa shape index (κ2) is 13.7. The monoisotopic (exact) mass is 575 g/mol. The summed E-state index contributed by atoms with van der Waals surface area (Å²) in [5.41, 5.74) is 3.76. The van der Waals surface area contributed by atoms with Crippen LogP contribution in [0.5, 0.6) is 5.88 Å². The van der Waals surface area contributed by atoms with Gasteiger partial charge in [-0.2, -0.15) is 0 Å². The van der Waals surface area contributed by atoms with Crippen LogP contribution in [-0.4, -0.2) is 67.8 Å². The molecule has 0 saturated heterocycles. The van der Waals surface area contributed by atoms with E-state index in [1.807, 2.05) is 30.3 Å². The number of pyridine rings is 1. The van der Waals surface area contributed by atoms with E-state index in [1.54, 1.807) is 7.11 Å². The van der Waals surface area contributed by atoms with Crippen molar-refractivity contribution >= 4 is 21.7 Å². The van der Waals surface area contributed by atoms with Gasteiger partial charge in [0.15, 0.2) is 0 Å². The number of benzene rings is 4. The summed E-state index contributed by atoms with van der Waals surface area (Å²) in [5.74, 6) is 0.121. The van der Waals surface area contributed by atoms with Crippen LogP contribution in [0, 0.1) is 0 Å². The average Bonchev–Trinajstić information content (AvgIpc) is 3.03. The first kappa shape index (κ1) is 30.7. The molecule has 5 aromatic rings. The summed E-state index contributed by atoms with van der Waals surface area (Å²) >= 11 is 0. The largest absolute Gasteiger partial charge is 0.481 e. The second-order valence-electron chi connectivity index (χ2n) is 12.0. The molecule has 0 fully saturated rings. The maximum absolute atomic E-state index is 13.2. The van der Waals surface area contributed by atoms with E-state index in [1.165, 1.54) is 5.56 Å². The Morgan fingerprint density at radius 1 is 0.837 bits per heavy atom. The van der Waals surface area contributed by atoms with E-state index in [0.717, 1.165) is 64.3 Å². The molecule has 0 aliphatic carbocycles. The molecule has 0 spiro atoms. The number of fused-ring (bicyclic) bond motifs is 2. The molecule has 5 nitrogen and oxygen atoms in total. The molecule has 0 aliphatic heterocycles. The van der Waals surface area contributed by atoms with Crippen LogP contribution in [0.2, 0.25) is 0 Å². The summed E-state index contributed by atoms with van der Waals surface area (Å²) in [6.07, 6.45) is 2.64. The van der Waals surface area contributed by atoms with Crippen molar-refractivity contribution in [3.63, 3.8) is 0 Å². The van der Waals surface area contributed by atoms with Crippen molar-refractivity contribution in [2.75, 3.05) is 47.9 Å². The lowest BCUT2D eigenvalue weighted by molar-refractivity contribution is 0.00520. The van der Waals surface area contributed by atoms with E-state index >= 15 is 0 Å². The highest BCUT2D eigenvalue weighted by Crippen LogP contribution is 2.49. The van der Waals surface area contributed by atoms with Crippen molar-refractivity contribution in [1.29, 1.82) is 0 Å². The third-order valence-electron chi connectivity index (χ3n) is 8.73. The summed E-state index contributed by atoms with van der Waals surface area (Å²) in [6, 6.07) is 33.7. The molecule has 0 bridgehead atoms. The topological polar surface area (TPSA) is 48.8 Å². The van der Waals surface area contributed by atoms with Gasteiger partial charge in [-0.3, -0.25) is 0 Å². The molecular weight excluding hydrogens is 530 g/mol. The van der Waals surface area contributed by atoms with E-state index in [-0.39, 0.29) is 0 Å². The molecule has 1 heterocycles. The van der Waals surface area contributed by atoms with Crippen molar-refractivity contribution in [3.05, 3.63) is 119 Å². The van der Waals surface area contributed by atoms with Gasteiger partial charge in [-0.15, -0.1) is 0 Å². The second-order valence-corrected chi connectivity index (χ2v) is 12.0. The van der Waals surface area contributed by atoms with Gasteiger partial charge in [-0.05, 0) is 99.2 Å². The summed E-state index contributed by atoms with van der Waals surface area (Å²) in [7, 11) is 7.95. The van der Waals surface area contributed by atoms with Gasteiger partial charge < -0.3 is 19.6 Å². The van der Waals surface area contributed by atoms with Gasteiger partial charge in [0.05, 0.1) is 12.6 Å². The number of hydrogen-bond donors (Lipinski definition) is 1. The average molecular weight is 576 g/mol. The van der Waals surface area contributed by atoms with E-state index in [0.29, 0.717) is 18.8 Å². The fraction of sp³-hybridized carbons (Fsp3) is 0.342. The number of aryl methyl sites for hydroxylation is 1. The summed E-state index contributed by atoms with van der Waals surface area (Å²) in [5, 5.41) is 16.4. The highest BCUT2D eigenvalue weighted by Gasteiger charge is 2.43. The smallest absolute Gasteiger partial charge is 0.217 e. The van der Waals surface area contributed by atoms with Gasteiger partial charge in [0.25, 0.3) is 0 Å². The molecule has 2 unspecified atom stereocenters. The zero-order valence-electron chi connectivity index (χ0n) is 26.3. The first-order valence-corrected chi connectivity index (χ1v) is 15.4. The number of rotatable bonds is 13. The quantitative estimate of drug-likeness (QED) is 0.160. The van der Waals surface area contributed by atoms with Gasteiger partial charge in [0.1, 0.15) is 5.60 Å². The molecule has 5 heteroatoms. The minimum absolute atomic E-state index is 0.423. The molecular formula is C38H45N3O2. The van der Waals surface area contributed by atoms with Crippen molar-refractivity contribution in [2.45, 2.75) is 37.7 Å². The Kier molecular flexibility index (Phi) is 9.76. The Bertz CT molecular complexity index is 1650. The summed E-state index contributed by atoms with van der Waals surface area (Å²) in [6.45, 7) is 5.03. The first-order valence-electron chi connectivity index (χ1n) is 15.4. The maximum Gasteiger partial charge on any atom is 0.217 e. The molecule has 0 aliphatic rings. The van der Waals surface area contributed by atoms with Crippen LogP contribution in [0.25, 0.3) is 21.7 Å². The molecule has 0 saturated carbocycles. The predicted molar refractivity (Wildman–Crippen MR) is 179 cm³/mol. The highest BCUT2D eigenvalue weighted by atomic mass is 16.5. The molecule has 0 amide bonds. The SMILES string of the molecule is CCN(C)CCCc1ccc2nc(OC)c(C(c3ccccc3)C(O)(CCN(C)C)c3cccc4ccccc34)cc2c1. The zero-order chi connectivity index (χ0) is 30.4. The van der Waals surface area contributed by atoms with Crippen LogP contribution < -0.4 is 4.74 Å². The number of methoxy groups -OCH3 is 1. The Morgan fingerprint density at radius 2 is 1.58 bits per heavy atom. The minimum atomic E-state index is -1.25. The first-order chi connectivity index (χ1) is 20.8. The Labute approximate surface area is 256 Å². The third kappa shape index (κ3) is 6.75. The molecule has 1 aromatic heterocycles. The third-order valence-corrected chi connectivity index (χ3v) is 8.73. The highest BCUT2D eigenvalue weighted by molar-refractivity contribution is 5.87. The van der Waals surface area contributed by atoms with Gasteiger partial charge in [0.2, 0.25) is 5.88 Å². The molecule has 224 valence electrons. The predicted octanol–water partition coefficient (Wildman–Crippen LogP) is 7.25. The molecule has 2 atom stereocenters. The normalized spacial score (nSPS) is 14.0. The number of aromatic nitrogens is 1. The number of ether oxygens (including phenoxy) is 1. The molecule has 4 aromatic carbocycles. The van der Waals surface area contributed by atoms with Crippen LogP contribution in [0.15, 0.2) is 97.1 Å². The van der Waals surface area contributed by atoms with Crippen LogP contribution in [0.3, 0.4) is 0 Å². The molecule has 1 N–H and O–H groups in total. The van der Waals surface area contributed by atoms with Crippen LogP contribution >= 0.6 is 0 Å². The molecule has 43 heavy (non-hydrogen) atoms. The van der Waals surface area contributed by atoms with Gasteiger partial charge in [-0.25, -0.2) is 4.98 Å².